The Kier molecular flexibility index (Phi) is 5.25. The van der Waals surface area contributed by atoms with Gasteiger partial charge in [-0.05, 0) is 67.6 Å². The van der Waals surface area contributed by atoms with Crippen molar-refractivity contribution in [3.8, 4) is 0 Å². The number of aryl methyl sites for hydroxylation is 1. The molecular formula is C15H24BrN3. The molecule has 0 radical (unpaired) electrons. The SMILES string of the molecule is CNCCC1CN(c2ccc(C)cc2Br)CCN1C. The van der Waals surface area contributed by atoms with Crippen LogP contribution in [0.2, 0.25) is 0 Å². The molecule has 4 heteroatoms. The summed E-state index contributed by atoms with van der Waals surface area (Å²) in [5.74, 6) is 0. The number of hydrogen-bond donors (Lipinski definition) is 1. The Morgan fingerprint density at radius 2 is 2.16 bits per heavy atom. The normalized spacial score (nSPS) is 20.8. The first-order valence-electron chi connectivity index (χ1n) is 6.97. The van der Waals surface area contributed by atoms with Crippen LogP contribution in [-0.4, -0.2) is 51.2 Å². The van der Waals surface area contributed by atoms with Crippen LogP contribution in [0.25, 0.3) is 0 Å². The number of rotatable bonds is 4. The quantitative estimate of drug-likeness (QED) is 0.917. The number of piperazine rings is 1. The van der Waals surface area contributed by atoms with Gasteiger partial charge >= 0.3 is 0 Å². The molecule has 2 rings (SSSR count). The molecule has 0 amide bonds. The average Bonchev–Trinajstić information content (AvgIpc) is 2.38. The summed E-state index contributed by atoms with van der Waals surface area (Å²) in [6.45, 7) is 6.56. The molecule has 1 saturated heterocycles. The molecule has 1 N–H and O–H groups in total. The van der Waals surface area contributed by atoms with Crippen LogP contribution in [0.3, 0.4) is 0 Å². The first kappa shape index (κ1) is 14.8. The Balaban J connectivity index is 2.08. The van der Waals surface area contributed by atoms with Gasteiger partial charge in [-0.2, -0.15) is 0 Å². The molecule has 106 valence electrons. The maximum atomic E-state index is 3.70. The maximum Gasteiger partial charge on any atom is 0.0511 e. The van der Waals surface area contributed by atoms with Crippen LogP contribution < -0.4 is 10.2 Å². The van der Waals surface area contributed by atoms with Crippen LogP contribution in [0.15, 0.2) is 22.7 Å². The summed E-state index contributed by atoms with van der Waals surface area (Å²) in [6.07, 6.45) is 1.20. The fraction of sp³-hybridized carbons (Fsp3) is 0.600. The van der Waals surface area contributed by atoms with Crippen LogP contribution in [0.4, 0.5) is 5.69 Å². The van der Waals surface area contributed by atoms with Gasteiger partial charge < -0.3 is 10.2 Å². The number of likely N-dealkylation sites (N-methyl/N-ethyl adjacent to an activating group) is 1. The van der Waals surface area contributed by atoms with E-state index in [2.05, 4.69) is 63.2 Å². The van der Waals surface area contributed by atoms with Gasteiger partial charge in [-0.15, -0.1) is 0 Å². The summed E-state index contributed by atoms with van der Waals surface area (Å²) >= 11 is 3.70. The van der Waals surface area contributed by atoms with E-state index in [1.165, 1.54) is 22.1 Å². The molecule has 1 aliphatic rings. The third kappa shape index (κ3) is 3.71. The molecule has 1 unspecified atom stereocenters. The lowest BCUT2D eigenvalue weighted by atomic mass is 10.1. The Hall–Kier alpha value is -0.580. The van der Waals surface area contributed by atoms with E-state index in [-0.39, 0.29) is 0 Å². The van der Waals surface area contributed by atoms with Crippen LogP contribution in [0.1, 0.15) is 12.0 Å². The number of halogens is 1. The monoisotopic (exact) mass is 325 g/mol. The zero-order valence-corrected chi connectivity index (χ0v) is 13.7. The highest BCUT2D eigenvalue weighted by atomic mass is 79.9. The Morgan fingerprint density at radius 3 is 2.84 bits per heavy atom. The van der Waals surface area contributed by atoms with Crippen molar-refractivity contribution in [1.29, 1.82) is 0 Å². The predicted octanol–water partition coefficient (Wildman–Crippen LogP) is 2.49. The number of hydrogen-bond acceptors (Lipinski definition) is 3. The minimum absolute atomic E-state index is 0.634. The van der Waals surface area contributed by atoms with Gasteiger partial charge in [-0.3, -0.25) is 4.90 Å². The predicted molar refractivity (Wildman–Crippen MR) is 86.1 cm³/mol. The number of nitrogens with zero attached hydrogens (tertiary/aromatic N) is 2. The molecule has 1 atom stereocenters. The van der Waals surface area contributed by atoms with Crippen molar-refractivity contribution in [1.82, 2.24) is 10.2 Å². The van der Waals surface area contributed by atoms with Crippen molar-refractivity contribution in [3.63, 3.8) is 0 Å². The van der Waals surface area contributed by atoms with Crippen molar-refractivity contribution in [2.45, 2.75) is 19.4 Å². The summed E-state index contributed by atoms with van der Waals surface area (Å²) in [5, 5.41) is 3.25. The number of anilines is 1. The first-order valence-corrected chi connectivity index (χ1v) is 7.77. The zero-order chi connectivity index (χ0) is 13.8. The molecule has 1 aliphatic heterocycles. The molecule has 1 heterocycles. The third-order valence-electron chi connectivity index (χ3n) is 3.95. The summed E-state index contributed by atoms with van der Waals surface area (Å²) in [6, 6.07) is 7.27. The lowest BCUT2D eigenvalue weighted by Crippen LogP contribution is -2.52. The van der Waals surface area contributed by atoms with E-state index in [1.54, 1.807) is 0 Å². The smallest absolute Gasteiger partial charge is 0.0511 e. The fourth-order valence-electron chi connectivity index (χ4n) is 2.66. The van der Waals surface area contributed by atoms with E-state index in [4.69, 9.17) is 0 Å². The topological polar surface area (TPSA) is 18.5 Å². The lowest BCUT2D eigenvalue weighted by molar-refractivity contribution is 0.208. The lowest BCUT2D eigenvalue weighted by Gasteiger charge is -2.41. The standard InChI is InChI=1S/C15H24BrN3/c1-12-4-5-15(14(16)10-12)19-9-8-18(3)13(11-19)6-7-17-2/h4-5,10,13,17H,6-9,11H2,1-3H3. The second kappa shape index (κ2) is 6.73. The molecule has 0 saturated carbocycles. The molecule has 1 aromatic carbocycles. The van der Waals surface area contributed by atoms with E-state index < -0.39 is 0 Å². The fourth-order valence-corrected chi connectivity index (χ4v) is 3.40. The Morgan fingerprint density at radius 1 is 1.37 bits per heavy atom. The van der Waals surface area contributed by atoms with E-state index >= 15 is 0 Å². The van der Waals surface area contributed by atoms with E-state index in [0.29, 0.717) is 6.04 Å². The molecular weight excluding hydrogens is 302 g/mol. The van der Waals surface area contributed by atoms with Crippen LogP contribution in [0.5, 0.6) is 0 Å². The summed E-state index contributed by atoms with van der Waals surface area (Å²) < 4.78 is 1.21. The van der Waals surface area contributed by atoms with Crippen LogP contribution in [0, 0.1) is 6.92 Å². The van der Waals surface area contributed by atoms with Gasteiger partial charge in [-0.1, -0.05) is 6.07 Å². The molecule has 3 nitrogen and oxygen atoms in total. The highest BCUT2D eigenvalue weighted by Gasteiger charge is 2.24. The largest absolute Gasteiger partial charge is 0.368 e. The number of nitrogens with one attached hydrogen (secondary N) is 1. The molecule has 0 bridgehead atoms. The van der Waals surface area contributed by atoms with E-state index in [0.717, 1.165) is 26.2 Å². The minimum atomic E-state index is 0.634. The second-order valence-electron chi connectivity index (χ2n) is 5.43. The van der Waals surface area contributed by atoms with Crippen molar-refractivity contribution >= 4 is 21.6 Å². The van der Waals surface area contributed by atoms with Gasteiger partial charge in [0.05, 0.1) is 5.69 Å². The second-order valence-corrected chi connectivity index (χ2v) is 6.28. The van der Waals surface area contributed by atoms with Crippen molar-refractivity contribution in [2.75, 3.05) is 45.2 Å². The highest BCUT2D eigenvalue weighted by Crippen LogP contribution is 2.29. The van der Waals surface area contributed by atoms with Gasteiger partial charge in [-0.25, -0.2) is 0 Å². The molecule has 1 fully saturated rings. The first-order chi connectivity index (χ1) is 9.11. The third-order valence-corrected chi connectivity index (χ3v) is 4.58. The van der Waals surface area contributed by atoms with Gasteiger partial charge in [0.2, 0.25) is 0 Å². The molecule has 0 aromatic heterocycles. The Labute approximate surface area is 125 Å². The summed E-state index contributed by atoms with van der Waals surface area (Å²) in [4.78, 5) is 4.99. The molecule has 19 heavy (non-hydrogen) atoms. The van der Waals surface area contributed by atoms with Crippen LogP contribution >= 0.6 is 15.9 Å². The highest BCUT2D eigenvalue weighted by molar-refractivity contribution is 9.10. The zero-order valence-electron chi connectivity index (χ0n) is 12.1. The van der Waals surface area contributed by atoms with E-state index in [1.807, 2.05) is 7.05 Å². The number of benzene rings is 1. The van der Waals surface area contributed by atoms with Gasteiger partial charge in [0, 0.05) is 30.1 Å². The van der Waals surface area contributed by atoms with Crippen molar-refractivity contribution in [3.05, 3.63) is 28.2 Å². The maximum absolute atomic E-state index is 3.70. The van der Waals surface area contributed by atoms with Crippen LogP contribution in [-0.2, 0) is 0 Å². The van der Waals surface area contributed by atoms with Crippen molar-refractivity contribution in [2.24, 2.45) is 0 Å². The molecule has 1 aromatic rings. The van der Waals surface area contributed by atoms with Gasteiger partial charge in [0.15, 0.2) is 0 Å². The Bertz CT molecular complexity index is 422. The molecule has 0 spiro atoms. The van der Waals surface area contributed by atoms with Gasteiger partial charge in [0.25, 0.3) is 0 Å². The molecule has 0 aliphatic carbocycles. The summed E-state index contributed by atoms with van der Waals surface area (Å²) in [7, 11) is 4.26. The minimum Gasteiger partial charge on any atom is -0.368 e. The van der Waals surface area contributed by atoms with E-state index in [9.17, 15) is 0 Å². The van der Waals surface area contributed by atoms with Crippen molar-refractivity contribution < 1.29 is 0 Å². The van der Waals surface area contributed by atoms with Gasteiger partial charge in [0.1, 0.15) is 0 Å². The summed E-state index contributed by atoms with van der Waals surface area (Å²) in [5.41, 5.74) is 2.63. The average molecular weight is 326 g/mol.